The normalized spacial score (nSPS) is 11.3. The van der Waals surface area contributed by atoms with Crippen molar-refractivity contribution in [1.82, 2.24) is 15.0 Å². The van der Waals surface area contributed by atoms with E-state index in [1.54, 1.807) is 0 Å². The van der Waals surface area contributed by atoms with E-state index in [-0.39, 0.29) is 0 Å². The van der Waals surface area contributed by atoms with Crippen molar-refractivity contribution in [1.29, 1.82) is 0 Å². The zero-order valence-electron chi connectivity index (χ0n) is 36.0. The van der Waals surface area contributed by atoms with Gasteiger partial charge in [0.2, 0.25) is 0 Å². The van der Waals surface area contributed by atoms with E-state index in [4.69, 9.17) is 15.0 Å². The predicted molar refractivity (Wildman–Crippen MR) is 276 cm³/mol. The first-order valence-electron chi connectivity index (χ1n) is 22.4. The molecule has 308 valence electrons. The van der Waals surface area contributed by atoms with Gasteiger partial charge in [0.1, 0.15) is 0 Å². The largest absolute Gasteiger partial charge is 0.208 e. The molecule has 12 aromatic rings. The molecule has 11 aromatic carbocycles. The maximum absolute atomic E-state index is 5.23. The minimum absolute atomic E-state index is 0.616. The molecule has 0 aliphatic rings. The molecule has 3 nitrogen and oxygen atoms in total. The van der Waals surface area contributed by atoms with Crippen LogP contribution in [0.25, 0.3) is 122 Å². The molecule has 0 fully saturated rings. The first-order chi connectivity index (χ1) is 32.7. The number of aromatic nitrogens is 3. The van der Waals surface area contributed by atoms with Gasteiger partial charge in [0, 0.05) is 16.7 Å². The maximum Gasteiger partial charge on any atom is 0.164 e. The molecule has 0 spiro atoms. The molecule has 0 saturated heterocycles. The van der Waals surface area contributed by atoms with Crippen LogP contribution in [0.15, 0.2) is 249 Å². The fraction of sp³-hybridized carbons (Fsp3) is 0. The smallest absolute Gasteiger partial charge is 0.164 e. The van der Waals surface area contributed by atoms with E-state index in [0.717, 1.165) is 38.9 Å². The summed E-state index contributed by atoms with van der Waals surface area (Å²) in [6.45, 7) is 0. The summed E-state index contributed by atoms with van der Waals surface area (Å²) in [5.41, 5.74) is 14.5. The predicted octanol–water partition coefficient (Wildman–Crippen LogP) is 16.7. The molecule has 0 unspecified atom stereocenters. The van der Waals surface area contributed by atoms with Crippen LogP contribution >= 0.6 is 0 Å². The van der Waals surface area contributed by atoms with Crippen molar-refractivity contribution in [3.63, 3.8) is 0 Å². The van der Waals surface area contributed by atoms with Gasteiger partial charge in [-0.3, -0.25) is 0 Å². The van der Waals surface area contributed by atoms with E-state index in [0.29, 0.717) is 17.5 Å². The highest BCUT2D eigenvalue weighted by Crippen LogP contribution is 2.39. The highest BCUT2D eigenvalue weighted by Gasteiger charge is 2.17. The lowest BCUT2D eigenvalue weighted by atomic mass is 9.91. The van der Waals surface area contributed by atoms with E-state index >= 15 is 0 Å². The first-order valence-corrected chi connectivity index (χ1v) is 22.4. The molecule has 3 heteroatoms. The van der Waals surface area contributed by atoms with Crippen LogP contribution in [0.2, 0.25) is 0 Å². The Kier molecular flexibility index (Phi) is 9.85. The number of hydrogen-bond donors (Lipinski definition) is 0. The van der Waals surface area contributed by atoms with Gasteiger partial charge in [-0.05, 0) is 94.0 Å². The van der Waals surface area contributed by atoms with Crippen molar-refractivity contribution in [2.45, 2.75) is 0 Å². The van der Waals surface area contributed by atoms with E-state index < -0.39 is 0 Å². The summed E-state index contributed by atoms with van der Waals surface area (Å²) in [5, 5.41) is 7.32. The number of rotatable bonds is 8. The number of benzene rings is 11. The minimum Gasteiger partial charge on any atom is -0.208 e. The monoisotopic (exact) mass is 839 g/mol. The van der Waals surface area contributed by atoms with Crippen LogP contribution in [-0.4, -0.2) is 15.0 Å². The molecule has 0 bridgehead atoms. The summed E-state index contributed by atoms with van der Waals surface area (Å²) < 4.78 is 0. The molecule has 0 saturated carbocycles. The first kappa shape index (κ1) is 38.9. The lowest BCUT2D eigenvalue weighted by Crippen LogP contribution is -2.00. The molecule has 1 heterocycles. The molecule has 0 radical (unpaired) electrons. The van der Waals surface area contributed by atoms with Crippen molar-refractivity contribution < 1.29 is 0 Å². The van der Waals surface area contributed by atoms with Crippen molar-refractivity contribution >= 4 is 32.3 Å². The Morgan fingerprint density at radius 1 is 0.182 bits per heavy atom. The van der Waals surface area contributed by atoms with Crippen molar-refractivity contribution in [2.24, 2.45) is 0 Å². The third-order valence-corrected chi connectivity index (χ3v) is 12.8. The SMILES string of the molecule is c1ccc(-c2cccc3c(-c4cccc(-c5nc(-c6ccc(-c7ccccc7-c7cccc8ccccc78)cc6)nc(-c6ccc(-c7cccc8ccccc78)cc6)n5)c4)cccc23)cc1. The van der Waals surface area contributed by atoms with Gasteiger partial charge in [0.05, 0.1) is 0 Å². The summed E-state index contributed by atoms with van der Waals surface area (Å²) >= 11 is 0. The maximum atomic E-state index is 5.23. The molecular weight excluding hydrogens is 799 g/mol. The summed E-state index contributed by atoms with van der Waals surface area (Å²) in [5.74, 6) is 1.85. The standard InChI is InChI=1S/C63H41N3/c1-2-15-42(16-3-1)55-28-13-32-60-56(29-14-31-59(55)60)49-21-10-22-50(41-49)63-65-61(47-37-33-45(34-38-47)52-27-11-19-43-17-4-6-23-51(43)52)64-62(66-63)48-39-35-46(36-40-48)54-25-8-9-26-57(54)58-30-12-20-44-18-5-7-24-53(44)58/h1-41H. The van der Waals surface area contributed by atoms with Crippen LogP contribution in [0, 0.1) is 0 Å². The topological polar surface area (TPSA) is 38.7 Å². The number of hydrogen-bond acceptors (Lipinski definition) is 3. The zero-order chi connectivity index (χ0) is 43.8. The summed E-state index contributed by atoms with van der Waals surface area (Å²) in [6.07, 6.45) is 0. The highest BCUT2D eigenvalue weighted by molar-refractivity contribution is 6.05. The van der Waals surface area contributed by atoms with Gasteiger partial charge in [0.15, 0.2) is 17.5 Å². The Hall–Kier alpha value is -8.79. The summed E-state index contributed by atoms with van der Waals surface area (Å²) in [4.78, 5) is 15.6. The fourth-order valence-corrected chi connectivity index (χ4v) is 9.53. The molecule has 0 atom stereocenters. The zero-order valence-corrected chi connectivity index (χ0v) is 36.0. The van der Waals surface area contributed by atoms with Gasteiger partial charge in [-0.2, -0.15) is 0 Å². The number of fused-ring (bicyclic) bond motifs is 3. The Morgan fingerprint density at radius 3 is 1.14 bits per heavy atom. The van der Waals surface area contributed by atoms with Crippen LogP contribution in [-0.2, 0) is 0 Å². The molecule has 12 rings (SSSR count). The van der Waals surface area contributed by atoms with Crippen molar-refractivity contribution in [3.05, 3.63) is 249 Å². The van der Waals surface area contributed by atoms with Gasteiger partial charge in [0.25, 0.3) is 0 Å². The molecule has 0 aliphatic carbocycles. The van der Waals surface area contributed by atoms with Crippen LogP contribution in [0.1, 0.15) is 0 Å². The fourth-order valence-electron chi connectivity index (χ4n) is 9.53. The van der Waals surface area contributed by atoms with Gasteiger partial charge in [-0.1, -0.05) is 243 Å². The third-order valence-electron chi connectivity index (χ3n) is 12.8. The van der Waals surface area contributed by atoms with E-state index in [1.807, 2.05) is 0 Å². The average molecular weight is 840 g/mol. The molecular formula is C63H41N3. The minimum atomic E-state index is 0.616. The van der Waals surface area contributed by atoms with Crippen LogP contribution in [0.3, 0.4) is 0 Å². The second-order valence-electron chi connectivity index (χ2n) is 16.7. The van der Waals surface area contributed by atoms with Crippen LogP contribution in [0.5, 0.6) is 0 Å². The van der Waals surface area contributed by atoms with Crippen molar-refractivity contribution in [3.8, 4) is 89.8 Å². The van der Waals surface area contributed by atoms with Gasteiger partial charge < -0.3 is 0 Å². The van der Waals surface area contributed by atoms with E-state index in [9.17, 15) is 0 Å². The van der Waals surface area contributed by atoms with Crippen LogP contribution < -0.4 is 0 Å². The lowest BCUT2D eigenvalue weighted by molar-refractivity contribution is 1.07. The average Bonchev–Trinajstić information content (AvgIpc) is 3.40. The Balaban J connectivity index is 0.961. The Morgan fingerprint density at radius 2 is 0.515 bits per heavy atom. The van der Waals surface area contributed by atoms with Gasteiger partial charge in [-0.25, -0.2) is 15.0 Å². The highest BCUT2D eigenvalue weighted by atomic mass is 15.0. The quantitative estimate of drug-likeness (QED) is 0.153. The van der Waals surface area contributed by atoms with E-state index in [2.05, 4.69) is 249 Å². The second kappa shape index (κ2) is 16.7. The Bertz CT molecular complexity index is 3730. The second-order valence-corrected chi connectivity index (χ2v) is 16.7. The van der Waals surface area contributed by atoms with Gasteiger partial charge >= 0.3 is 0 Å². The molecule has 66 heavy (non-hydrogen) atoms. The Labute approximate surface area is 384 Å². The lowest BCUT2D eigenvalue weighted by Gasteiger charge is -2.14. The molecule has 1 aromatic heterocycles. The molecule has 0 aliphatic heterocycles. The van der Waals surface area contributed by atoms with E-state index in [1.165, 1.54) is 65.7 Å². The molecule has 0 N–H and O–H groups in total. The van der Waals surface area contributed by atoms with Crippen LogP contribution in [0.4, 0.5) is 0 Å². The summed E-state index contributed by atoms with van der Waals surface area (Å²) in [7, 11) is 0. The molecule has 0 amide bonds. The summed E-state index contributed by atoms with van der Waals surface area (Å²) in [6, 6.07) is 88.4. The third kappa shape index (κ3) is 7.19. The number of nitrogens with zero attached hydrogens (tertiary/aromatic N) is 3. The van der Waals surface area contributed by atoms with Gasteiger partial charge in [-0.15, -0.1) is 0 Å². The van der Waals surface area contributed by atoms with Crippen molar-refractivity contribution in [2.75, 3.05) is 0 Å².